The second-order valence-corrected chi connectivity index (χ2v) is 7.45. The van der Waals surface area contributed by atoms with Crippen LogP contribution in [-0.2, 0) is 4.79 Å². The van der Waals surface area contributed by atoms with E-state index in [0.29, 0.717) is 5.25 Å². The fourth-order valence-electron chi connectivity index (χ4n) is 2.75. The Bertz CT molecular complexity index is 571. The number of nitrogens with two attached hydrogens (primary N) is 1. The molecule has 23 heavy (non-hydrogen) atoms. The van der Waals surface area contributed by atoms with Gasteiger partial charge in [-0.1, -0.05) is 19.3 Å². The molecule has 0 radical (unpaired) electrons. The van der Waals surface area contributed by atoms with E-state index in [1.165, 1.54) is 37.0 Å². The number of nitrogens with one attached hydrogen (secondary N) is 2. The zero-order chi connectivity index (χ0) is 16.8. The molecule has 1 aliphatic carbocycles. The SMILES string of the molecule is Cc1cc(SC2CCCCC2)ccc1NC(=O)[C@@H](C)NC(N)=O. The van der Waals surface area contributed by atoms with Crippen molar-refractivity contribution in [2.75, 3.05) is 5.32 Å². The number of primary amides is 1. The topological polar surface area (TPSA) is 84.2 Å². The van der Waals surface area contributed by atoms with Crippen LogP contribution in [0, 0.1) is 6.92 Å². The number of benzene rings is 1. The Morgan fingerprint density at radius 1 is 1.26 bits per heavy atom. The maximum atomic E-state index is 12.0. The number of carbonyl (C=O) groups excluding carboxylic acids is 2. The maximum absolute atomic E-state index is 12.0. The zero-order valence-corrected chi connectivity index (χ0v) is 14.5. The summed E-state index contributed by atoms with van der Waals surface area (Å²) in [6.07, 6.45) is 6.60. The Kier molecular flexibility index (Phi) is 6.33. The van der Waals surface area contributed by atoms with Crippen molar-refractivity contribution >= 4 is 29.4 Å². The summed E-state index contributed by atoms with van der Waals surface area (Å²) >= 11 is 1.93. The minimum Gasteiger partial charge on any atom is -0.352 e. The molecule has 0 spiro atoms. The van der Waals surface area contributed by atoms with Gasteiger partial charge in [0.25, 0.3) is 0 Å². The molecule has 4 N–H and O–H groups in total. The van der Waals surface area contributed by atoms with Crippen LogP contribution in [0.3, 0.4) is 0 Å². The number of rotatable bonds is 5. The van der Waals surface area contributed by atoms with Crippen LogP contribution in [-0.4, -0.2) is 23.2 Å². The number of aryl methyl sites for hydroxylation is 1. The van der Waals surface area contributed by atoms with E-state index in [1.807, 2.05) is 30.8 Å². The molecule has 3 amide bonds. The number of carbonyl (C=O) groups is 2. The molecular formula is C17H25N3O2S. The van der Waals surface area contributed by atoms with Gasteiger partial charge in [-0.25, -0.2) is 4.79 Å². The zero-order valence-electron chi connectivity index (χ0n) is 13.7. The Morgan fingerprint density at radius 2 is 1.96 bits per heavy atom. The van der Waals surface area contributed by atoms with Crippen LogP contribution < -0.4 is 16.4 Å². The quantitative estimate of drug-likeness (QED) is 0.771. The van der Waals surface area contributed by atoms with Gasteiger partial charge in [-0.3, -0.25) is 4.79 Å². The highest BCUT2D eigenvalue weighted by Gasteiger charge is 2.17. The van der Waals surface area contributed by atoms with Crippen molar-refractivity contribution < 1.29 is 9.59 Å². The summed E-state index contributed by atoms with van der Waals surface area (Å²) in [6, 6.07) is 4.72. The standard InChI is InChI=1S/C17H25N3O2S/c1-11-10-14(23-13-6-4-3-5-7-13)8-9-15(11)20-16(21)12(2)19-17(18)22/h8-10,12-13H,3-7H2,1-2H3,(H,20,21)(H3,18,19,22)/t12-/m1/s1. The maximum Gasteiger partial charge on any atom is 0.312 e. The highest BCUT2D eigenvalue weighted by atomic mass is 32.2. The van der Waals surface area contributed by atoms with Crippen molar-refractivity contribution in [1.29, 1.82) is 0 Å². The first-order chi connectivity index (χ1) is 11.0. The van der Waals surface area contributed by atoms with Crippen molar-refractivity contribution in [3.05, 3.63) is 23.8 Å². The van der Waals surface area contributed by atoms with Gasteiger partial charge in [0.2, 0.25) is 5.91 Å². The molecule has 0 unspecified atom stereocenters. The summed E-state index contributed by atoms with van der Waals surface area (Å²) in [5.74, 6) is -0.278. The van der Waals surface area contributed by atoms with E-state index in [1.54, 1.807) is 6.92 Å². The van der Waals surface area contributed by atoms with Gasteiger partial charge in [-0.05, 0) is 50.5 Å². The molecule has 5 nitrogen and oxygen atoms in total. The van der Waals surface area contributed by atoms with Gasteiger partial charge in [0, 0.05) is 15.8 Å². The van der Waals surface area contributed by atoms with Crippen LogP contribution in [0.2, 0.25) is 0 Å². The van der Waals surface area contributed by atoms with Crippen LogP contribution in [0.15, 0.2) is 23.1 Å². The van der Waals surface area contributed by atoms with Crippen LogP contribution in [0.4, 0.5) is 10.5 Å². The molecule has 1 atom stereocenters. The summed E-state index contributed by atoms with van der Waals surface area (Å²) < 4.78 is 0. The van der Waals surface area contributed by atoms with E-state index in [4.69, 9.17) is 5.73 Å². The van der Waals surface area contributed by atoms with Crippen molar-refractivity contribution in [3.8, 4) is 0 Å². The van der Waals surface area contributed by atoms with Gasteiger partial charge < -0.3 is 16.4 Å². The molecule has 1 aromatic carbocycles. The lowest BCUT2D eigenvalue weighted by Gasteiger charge is -2.21. The molecule has 2 rings (SSSR count). The normalized spacial score (nSPS) is 16.6. The molecule has 1 saturated carbocycles. The van der Waals surface area contributed by atoms with Gasteiger partial charge in [0.1, 0.15) is 6.04 Å². The summed E-state index contributed by atoms with van der Waals surface area (Å²) in [5, 5.41) is 5.91. The van der Waals surface area contributed by atoms with E-state index in [2.05, 4.69) is 16.7 Å². The minimum atomic E-state index is -0.705. The molecule has 0 aliphatic heterocycles. The van der Waals surface area contributed by atoms with E-state index < -0.39 is 12.1 Å². The third kappa shape index (κ3) is 5.46. The van der Waals surface area contributed by atoms with Crippen LogP contribution >= 0.6 is 11.8 Å². The molecule has 1 fully saturated rings. The van der Waals surface area contributed by atoms with Gasteiger partial charge in [0.05, 0.1) is 0 Å². The van der Waals surface area contributed by atoms with Gasteiger partial charge in [-0.2, -0.15) is 0 Å². The molecule has 0 heterocycles. The highest BCUT2D eigenvalue weighted by molar-refractivity contribution is 8.00. The van der Waals surface area contributed by atoms with Gasteiger partial charge >= 0.3 is 6.03 Å². The van der Waals surface area contributed by atoms with Crippen molar-refractivity contribution in [2.24, 2.45) is 5.73 Å². The summed E-state index contributed by atoms with van der Waals surface area (Å²) in [4.78, 5) is 24.1. The Labute approximate surface area is 141 Å². The fourth-order valence-corrected chi connectivity index (χ4v) is 4.09. The molecule has 6 heteroatoms. The number of urea groups is 1. The number of anilines is 1. The minimum absolute atomic E-state index is 0.278. The predicted molar refractivity (Wildman–Crippen MR) is 94.7 cm³/mol. The van der Waals surface area contributed by atoms with Crippen molar-refractivity contribution in [3.63, 3.8) is 0 Å². The number of hydrogen-bond acceptors (Lipinski definition) is 3. The summed E-state index contributed by atoms with van der Waals surface area (Å²) in [7, 11) is 0. The van der Waals surface area contributed by atoms with Crippen LogP contribution in [0.1, 0.15) is 44.6 Å². The average Bonchev–Trinajstić information content (AvgIpc) is 2.50. The molecule has 0 saturated heterocycles. The smallest absolute Gasteiger partial charge is 0.312 e. The molecule has 1 aliphatic rings. The van der Waals surface area contributed by atoms with E-state index in [0.717, 1.165) is 11.3 Å². The Hall–Kier alpha value is -1.69. The monoisotopic (exact) mass is 335 g/mol. The first-order valence-electron chi connectivity index (χ1n) is 8.10. The molecule has 0 aromatic heterocycles. The second-order valence-electron chi connectivity index (χ2n) is 6.07. The lowest BCUT2D eigenvalue weighted by atomic mass is 10.0. The lowest BCUT2D eigenvalue weighted by Crippen LogP contribution is -2.44. The van der Waals surface area contributed by atoms with Crippen LogP contribution in [0.5, 0.6) is 0 Å². The first-order valence-corrected chi connectivity index (χ1v) is 8.98. The molecular weight excluding hydrogens is 310 g/mol. The molecule has 1 aromatic rings. The number of hydrogen-bond donors (Lipinski definition) is 3. The molecule has 0 bridgehead atoms. The summed E-state index contributed by atoms with van der Waals surface area (Å²) in [6.45, 7) is 3.58. The average molecular weight is 335 g/mol. The fraction of sp³-hybridized carbons (Fsp3) is 0.529. The van der Waals surface area contributed by atoms with Gasteiger partial charge in [0.15, 0.2) is 0 Å². The highest BCUT2D eigenvalue weighted by Crippen LogP contribution is 2.34. The summed E-state index contributed by atoms with van der Waals surface area (Å²) in [5.41, 5.74) is 6.81. The van der Waals surface area contributed by atoms with E-state index in [-0.39, 0.29) is 5.91 Å². The van der Waals surface area contributed by atoms with Gasteiger partial charge in [-0.15, -0.1) is 11.8 Å². The largest absolute Gasteiger partial charge is 0.352 e. The number of amides is 3. The predicted octanol–water partition coefficient (Wildman–Crippen LogP) is 3.42. The van der Waals surface area contributed by atoms with Crippen molar-refractivity contribution in [1.82, 2.24) is 5.32 Å². The van der Waals surface area contributed by atoms with Crippen LogP contribution in [0.25, 0.3) is 0 Å². The molecule has 126 valence electrons. The Morgan fingerprint density at radius 3 is 2.57 bits per heavy atom. The second kappa shape index (κ2) is 8.24. The third-order valence-corrected chi connectivity index (χ3v) is 5.39. The van der Waals surface area contributed by atoms with E-state index in [9.17, 15) is 9.59 Å². The first kappa shape index (κ1) is 17.7. The number of thioether (sulfide) groups is 1. The lowest BCUT2D eigenvalue weighted by molar-refractivity contribution is -0.117. The van der Waals surface area contributed by atoms with Crippen molar-refractivity contribution in [2.45, 2.75) is 62.1 Å². The van der Waals surface area contributed by atoms with E-state index >= 15 is 0 Å². The third-order valence-electron chi connectivity index (χ3n) is 4.06. The Balaban J connectivity index is 1.95.